The van der Waals surface area contributed by atoms with Crippen molar-refractivity contribution in [2.24, 2.45) is 0 Å². The van der Waals surface area contributed by atoms with Crippen LogP contribution in [0.15, 0.2) is 18.2 Å². The van der Waals surface area contributed by atoms with Gasteiger partial charge in [0, 0.05) is 23.7 Å². The van der Waals surface area contributed by atoms with Gasteiger partial charge in [0.2, 0.25) is 5.91 Å². The first-order valence-electron chi connectivity index (χ1n) is 6.64. The summed E-state index contributed by atoms with van der Waals surface area (Å²) in [5, 5.41) is 16.3. The molecule has 0 aliphatic rings. The molecule has 0 heterocycles. The number of amides is 1. The van der Waals surface area contributed by atoms with E-state index in [2.05, 4.69) is 10.6 Å². The number of hydrogen-bond acceptors (Lipinski definition) is 4. The van der Waals surface area contributed by atoms with Gasteiger partial charge in [0.15, 0.2) is 0 Å². The van der Waals surface area contributed by atoms with E-state index >= 15 is 0 Å². The van der Waals surface area contributed by atoms with Gasteiger partial charge in [-0.1, -0.05) is 23.2 Å². The second-order valence-corrected chi connectivity index (χ2v) is 5.74. The standard InChI is InChI=1S/C14H20Cl2N2O3/c1-9(2)18-14(20)7-17-6-11(19)8-21-13-5-10(15)3-4-12(13)16/h3-5,9,11,17,19H,6-8H2,1-2H3,(H,18,20). The lowest BCUT2D eigenvalue weighted by Crippen LogP contribution is -2.41. The minimum atomic E-state index is -0.758. The number of aliphatic hydroxyl groups excluding tert-OH is 1. The lowest BCUT2D eigenvalue weighted by Gasteiger charge is -2.14. The number of benzene rings is 1. The van der Waals surface area contributed by atoms with E-state index in [0.717, 1.165) is 0 Å². The molecule has 118 valence electrons. The molecule has 0 saturated carbocycles. The summed E-state index contributed by atoms with van der Waals surface area (Å²) in [5.74, 6) is 0.303. The number of carbonyl (C=O) groups is 1. The lowest BCUT2D eigenvalue weighted by molar-refractivity contribution is -0.120. The number of carbonyl (C=O) groups excluding carboxylic acids is 1. The maximum Gasteiger partial charge on any atom is 0.234 e. The summed E-state index contributed by atoms with van der Waals surface area (Å²) < 4.78 is 5.39. The van der Waals surface area contributed by atoms with Gasteiger partial charge in [0.1, 0.15) is 18.5 Å². The number of nitrogens with one attached hydrogen (secondary N) is 2. The van der Waals surface area contributed by atoms with Crippen LogP contribution in [-0.2, 0) is 4.79 Å². The van der Waals surface area contributed by atoms with E-state index in [4.69, 9.17) is 27.9 Å². The summed E-state index contributed by atoms with van der Waals surface area (Å²) in [5.41, 5.74) is 0. The Bertz CT molecular complexity index is 470. The predicted molar refractivity (Wildman–Crippen MR) is 84.1 cm³/mol. The molecule has 0 aliphatic heterocycles. The number of ether oxygens (including phenoxy) is 1. The van der Waals surface area contributed by atoms with E-state index in [-0.39, 0.29) is 31.6 Å². The average Bonchev–Trinajstić information content (AvgIpc) is 2.39. The third-order valence-electron chi connectivity index (χ3n) is 2.44. The monoisotopic (exact) mass is 334 g/mol. The van der Waals surface area contributed by atoms with Crippen molar-refractivity contribution >= 4 is 29.1 Å². The zero-order chi connectivity index (χ0) is 15.8. The molecule has 1 rings (SSSR count). The normalized spacial score (nSPS) is 12.3. The molecule has 0 radical (unpaired) electrons. The van der Waals surface area contributed by atoms with E-state index < -0.39 is 6.10 Å². The summed E-state index contributed by atoms with van der Waals surface area (Å²) in [4.78, 5) is 11.4. The van der Waals surface area contributed by atoms with Gasteiger partial charge in [-0.25, -0.2) is 0 Å². The third kappa shape index (κ3) is 7.52. The van der Waals surface area contributed by atoms with Crippen LogP contribution in [0, 0.1) is 0 Å². The van der Waals surface area contributed by atoms with E-state index in [0.29, 0.717) is 15.8 Å². The van der Waals surface area contributed by atoms with Crippen LogP contribution < -0.4 is 15.4 Å². The maximum absolute atomic E-state index is 11.4. The summed E-state index contributed by atoms with van der Waals surface area (Å²) >= 11 is 11.8. The van der Waals surface area contributed by atoms with Gasteiger partial charge in [-0.3, -0.25) is 4.79 Å². The summed E-state index contributed by atoms with van der Waals surface area (Å²) in [6.07, 6.45) is -0.758. The van der Waals surface area contributed by atoms with Gasteiger partial charge in [-0.2, -0.15) is 0 Å². The molecular formula is C14H20Cl2N2O3. The van der Waals surface area contributed by atoms with Gasteiger partial charge in [-0.05, 0) is 26.0 Å². The highest BCUT2D eigenvalue weighted by Crippen LogP contribution is 2.27. The molecule has 0 spiro atoms. The molecule has 0 saturated heterocycles. The molecule has 1 amide bonds. The minimum absolute atomic E-state index is 0.0544. The highest BCUT2D eigenvalue weighted by Gasteiger charge is 2.09. The van der Waals surface area contributed by atoms with Crippen molar-refractivity contribution in [2.45, 2.75) is 26.0 Å². The Morgan fingerprint density at radius 1 is 1.38 bits per heavy atom. The molecule has 1 unspecified atom stereocenters. The number of hydrogen-bond donors (Lipinski definition) is 3. The average molecular weight is 335 g/mol. The van der Waals surface area contributed by atoms with Crippen LogP contribution in [0.5, 0.6) is 5.75 Å². The molecule has 3 N–H and O–H groups in total. The molecule has 0 bridgehead atoms. The summed E-state index contributed by atoms with van der Waals surface area (Å²) in [6, 6.07) is 4.96. The fourth-order valence-electron chi connectivity index (χ4n) is 1.56. The quantitative estimate of drug-likeness (QED) is 0.678. The Kier molecular flexibility index (Phi) is 7.82. The molecule has 1 aromatic rings. The van der Waals surface area contributed by atoms with Crippen molar-refractivity contribution in [3.63, 3.8) is 0 Å². The SMILES string of the molecule is CC(C)NC(=O)CNCC(O)COc1cc(Cl)ccc1Cl. The molecular weight excluding hydrogens is 315 g/mol. The van der Waals surface area contributed by atoms with E-state index in [1.807, 2.05) is 13.8 Å². The van der Waals surface area contributed by atoms with Gasteiger partial charge in [0.05, 0.1) is 11.6 Å². The van der Waals surface area contributed by atoms with Crippen LogP contribution in [0.2, 0.25) is 10.0 Å². The Hall–Kier alpha value is -1.01. The van der Waals surface area contributed by atoms with Crippen LogP contribution in [0.25, 0.3) is 0 Å². The molecule has 5 nitrogen and oxygen atoms in total. The molecule has 0 aromatic heterocycles. The van der Waals surface area contributed by atoms with Crippen molar-refractivity contribution < 1.29 is 14.6 Å². The molecule has 1 atom stereocenters. The molecule has 0 aliphatic carbocycles. The minimum Gasteiger partial charge on any atom is -0.489 e. The smallest absolute Gasteiger partial charge is 0.234 e. The van der Waals surface area contributed by atoms with E-state index in [9.17, 15) is 9.90 Å². The van der Waals surface area contributed by atoms with Crippen LogP contribution in [-0.4, -0.2) is 42.9 Å². The number of halogens is 2. The summed E-state index contributed by atoms with van der Waals surface area (Å²) in [7, 11) is 0. The first-order chi connectivity index (χ1) is 9.88. The van der Waals surface area contributed by atoms with Gasteiger partial charge in [0.25, 0.3) is 0 Å². The molecule has 1 aromatic carbocycles. The van der Waals surface area contributed by atoms with Crippen molar-refractivity contribution in [3.8, 4) is 5.75 Å². The van der Waals surface area contributed by atoms with Gasteiger partial charge < -0.3 is 20.5 Å². The van der Waals surface area contributed by atoms with Crippen LogP contribution >= 0.6 is 23.2 Å². The highest BCUT2D eigenvalue weighted by atomic mass is 35.5. The molecule has 0 fully saturated rings. The highest BCUT2D eigenvalue weighted by molar-refractivity contribution is 6.34. The van der Waals surface area contributed by atoms with Crippen molar-refractivity contribution in [2.75, 3.05) is 19.7 Å². The zero-order valence-corrected chi connectivity index (χ0v) is 13.5. The first-order valence-corrected chi connectivity index (χ1v) is 7.40. The fourth-order valence-corrected chi connectivity index (χ4v) is 1.89. The second-order valence-electron chi connectivity index (χ2n) is 4.89. The number of aliphatic hydroxyl groups is 1. The van der Waals surface area contributed by atoms with Crippen molar-refractivity contribution in [3.05, 3.63) is 28.2 Å². The summed E-state index contributed by atoms with van der Waals surface area (Å²) in [6.45, 7) is 4.21. The topological polar surface area (TPSA) is 70.6 Å². The van der Waals surface area contributed by atoms with Gasteiger partial charge in [-0.15, -0.1) is 0 Å². The molecule has 21 heavy (non-hydrogen) atoms. The van der Waals surface area contributed by atoms with Crippen molar-refractivity contribution in [1.82, 2.24) is 10.6 Å². The van der Waals surface area contributed by atoms with Crippen LogP contribution in [0.1, 0.15) is 13.8 Å². The lowest BCUT2D eigenvalue weighted by atomic mass is 10.3. The maximum atomic E-state index is 11.4. The Labute approximate surface area is 134 Å². The zero-order valence-electron chi connectivity index (χ0n) is 12.0. The first kappa shape index (κ1) is 18.0. The van der Waals surface area contributed by atoms with E-state index in [1.54, 1.807) is 18.2 Å². The van der Waals surface area contributed by atoms with Crippen LogP contribution in [0.4, 0.5) is 0 Å². The second kappa shape index (κ2) is 9.10. The largest absolute Gasteiger partial charge is 0.489 e. The number of rotatable bonds is 8. The Morgan fingerprint density at radius 2 is 2.10 bits per heavy atom. The van der Waals surface area contributed by atoms with Crippen LogP contribution in [0.3, 0.4) is 0 Å². The van der Waals surface area contributed by atoms with Crippen molar-refractivity contribution in [1.29, 1.82) is 0 Å². The third-order valence-corrected chi connectivity index (χ3v) is 2.99. The molecule has 7 heteroatoms. The fraction of sp³-hybridized carbons (Fsp3) is 0.500. The predicted octanol–water partition coefficient (Wildman–Crippen LogP) is 1.85. The van der Waals surface area contributed by atoms with Gasteiger partial charge >= 0.3 is 0 Å². The van der Waals surface area contributed by atoms with E-state index in [1.165, 1.54) is 0 Å². The Morgan fingerprint density at radius 3 is 2.76 bits per heavy atom. The Balaban J connectivity index is 2.26.